The summed E-state index contributed by atoms with van der Waals surface area (Å²) in [6.45, 7) is 0. The zero-order chi connectivity index (χ0) is 14.1. The maximum absolute atomic E-state index is 3.74. The Morgan fingerprint density at radius 3 is 1.60 bits per heavy atom. The zero-order valence-electron chi connectivity index (χ0n) is 10.1. The molecule has 104 valence electrons. The van der Waals surface area contributed by atoms with Crippen LogP contribution in [0.5, 0.6) is 0 Å². The highest BCUT2D eigenvalue weighted by Gasteiger charge is 1.61. The van der Waals surface area contributed by atoms with E-state index in [2.05, 4.69) is 39.3 Å². The highest BCUT2D eigenvalue weighted by atomic mass is 32.1. The van der Waals surface area contributed by atoms with Gasteiger partial charge in [-0.15, -0.1) is 32.9 Å². The van der Waals surface area contributed by atoms with Crippen molar-refractivity contribution in [3.63, 3.8) is 0 Å². The first-order valence-electron chi connectivity index (χ1n) is 5.02. The van der Waals surface area contributed by atoms with E-state index in [1.807, 2.05) is 5.38 Å². The fraction of sp³-hybridized carbons (Fsp3) is 0. The van der Waals surface area contributed by atoms with Crippen molar-refractivity contribution in [2.75, 3.05) is 0 Å². The number of hydrogen-bond acceptors (Lipinski definition) is 10. The number of rotatable bonds is 0. The van der Waals surface area contributed by atoms with Crippen LogP contribution >= 0.6 is 34.4 Å². The summed E-state index contributed by atoms with van der Waals surface area (Å²) in [7, 11) is 0. The summed E-state index contributed by atoms with van der Waals surface area (Å²) >= 11 is 4.31. The van der Waals surface area contributed by atoms with Crippen molar-refractivity contribution in [2.24, 2.45) is 0 Å². The normalized spacial score (nSPS) is 8.00. The standard InChI is InChI=1S/C3H3NS.C2H3N3.2C2H2N2S/c1-2-5-3-4-1;1-2-4-5-3-1;1-3-4-2-5-1;1-2-4-5-3-1/h1-3H;1-2H,(H,3,4,5);2*1-2H. The van der Waals surface area contributed by atoms with Gasteiger partial charge in [0.25, 0.3) is 0 Å². The molecule has 0 aliphatic heterocycles. The lowest BCUT2D eigenvalue weighted by atomic mass is 11.0. The quantitative estimate of drug-likeness (QED) is 0.527. The molecule has 0 aromatic carbocycles. The van der Waals surface area contributed by atoms with E-state index < -0.39 is 0 Å². The first-order valence-corrected chi connectivity index (χ1v) is 7.64. The van der Waals surface area contributed by atoms with E-state index in [-0.39, 0.29) is 0 Å². The smallest absolute Gasteiger partial charge is 0.103 e. The van der Waals surface area contributed by atoms with Crippen LogP contribution in [0.2, 0.25) is 0 Å². The van der Waals surface area contributed by atoms with E-state index >= 15 is 0 Å². The van der Waals surface area contributed by atoms with Gasteiger partial charge < -0.3 is 0 Å². The molecular formula is C9H10N8S3. The highest BCUT2D eigenvalue weighted by molar-refractivity contribution is 7.07. The predicted octanol–water partition coefficient (Wildman–Crippen LogP) is 2.02. The van der Waals surface area contributed by atoms with Gasteiger partial charge in [0.05, 0.1) is 42.0 Å². The number of hydrogen-bond donors (Lipinski definition) is 1. The highest BCUT2D eigenvalue weighted by Crippen LogP contribution is 1.86. The summed E-state index contributed by atoms with van der Waals surface area (Å²) in [5, 5.41) is 18.2. The summed E-state index contributed by atoms with van der Waals surface area (Å²) < 4.78 is 7.31. The van der Waals surface area contributed by atoms with Gasteiger partial charge in [0, 0.05) is 11.6 Å². The Morgan fingerprint density at radius 1 is 0.700 bits per heavy atom. The van der Waals surface area contributed by atoms with Crippen LogP contribution in [0.3, 0.4) is 0 Å². The molecule has 0 spiro atoms. The summed E-state index contributed by atoms with van der Waals surface area (Å²) in [5.74, 6) is 0. The van der Waals surface area contributed by atoms with E-state index in [1.54, 1.807) is 58.9 Å². The third-order valence-electron chi connectivity index (χ3n) is 1.24. The summed E-state index contributed by atoms with van der Waals surface area (Å²) in [6, 6.07) is 0. The number of aromatic amines is 1. The van der Waals surface area contributed by atoms with Crippen molar-refractivity contribution in [1.82, 2.24) is 39.3 Å². The van der Waals surface area contributed by atoms with Gasteiger partial charge in [-0.3, -0.25) is 4.98 Å². The minimum absolute atomic E-state index is 1.21. The lowest BCUT2D eigenvalue weighted by Crippen LogP contribution is -1.61. The second-order valence-corrected chi connectivity index (χ2v) is 4.53. The number of H-pyrrole nitrogens is 1. The Kier molecular flexibility index (Phi) is 10.6. The average molecular weight is 326 g/mol. The Labute approximate surface area is 126 Å². The van der Waals surface area contributed by atoms with Crippen molar-refractivity contribution >= 4 is 34.4 Å². The van der Waals surface area contributed by atoms with Crippen LogP contribution in [0.1, 0.15) is 0 Å². The molecule has 4 rings (SSSR count). The molecule has 0 aliphatic rings. The van der Waals surface area contributed by atoms with E-state index in [0.29, 0.717) is 0 Å². The lowest BCUT2D eigenvalue weighted by molar-refractivity contribution is 0.940. The summed E-state index contributed by atoms with van der Waals surface area (Å²) in [6.07, 6.45) is 8.25. The van der Waals surface area contributed by atoms with Gasteiger partial charge in [-0.1, -0.05) is 0 Å². The Balaban J connectivity index is 0.000000133. The Bertz CT molecular complexity index is 360. The second-order valence-electron chi connectivity index (χ2n) is 2.50. The lowest BCUT2D eigenvalue weighted by Gasteiger charge is -1.48. The Morgan fingerprint density at radius 2 is 1.40 bits per heavy atom. The van der Waals surface area contributed by atoms with E-state index in [1.165, 1.54) is 23.1 Å². The van der Waals surface area contributed by atoms with Crippen LogP contribution in [0.15, 0.2) is 52.9 Å². The molecule has 0 amide bonds. The van der Waals surface area contributed by atoms with Crippen LogP contribution in [0, 0.1) is 0 Å². The van der Waals surface area contributed by atoms with Gasteiger partial charge >= 0.3 is 0 Å². The monoisotopic (exact) mass is 326 g/mol. The Hall–Kier alpha value is -2.11. The maximum Gasteiger partial charge on any atom is 0.103 e. The van der Waals surface area contributed by atoms with Crippen LogP contribution in [0.4, 0.5) is 0 Å². The van der Waals surface area contributed by atoms with Gasteiger partial charge in [0.2, 0.25) is 0 Å². The SMILES string of the molecule is c1cn[nH]n1.c1cnsn1.c1cscn1.c1nncs1. The van der Waals surface area contributed by atoms with Crippen molar-refractivity contribution in [3.05, 3.63) is 52.9 Å². The maximum atomic E-state index is 3.74. The van der Waals surface area contributed by atoms with Crippen molar-refractivity contribution in [2.45, 2.75) is 0 Å². The molecule has 0 saturated carbocycles. The molecule has 1 N–H and O–H groups in total. The van der Waals surface area contributed by atoms with Crippen LogP contribution < -0.4 is 0 Å². The molecule has 0 bridgehead atoms. The number of nitrogens with one attached hydrogen (secondary N) is 1. The molecule has 4 heterocycles. The van der Waals surface area contributed by atoms with Crippen molar-refractivity contribution in [1.29, 1.82) is 0 Å². The van der Waals surface area contributed by atoms with Gasteiger partial charge in [-0.25, -0.2) is 0 Å². The molecule has 20 heavy (non-hydrogen) atoms. The number of aromatic nitrogens is 8. The number of nitrogens with zero attached hydrogens (tertiary/aromatic N) is 7. The molecule has 0 unspecified atom stereocenters. The molecule has 0 saturated heterocycles. The topological polar surface area (TPSA) is 106 Å². The first kappa shape index (κ1) is 15.9. The second kappa shape index (κ2) is 13.3. The molecule has 0 fully saturated rings. The van der Waals surface area contributed by atoms with Gasteiger partial charge in [0.15, 0.2) is 0 Å². The van der Waals surface area contributed by atoms with Crippen molar-refractivity contribution in [3.8, 4) is 0 Å². The minimum Gasteiger partial charge on any atom is -0.253 e. The van der Waals surface area contributed by atoms with E-state index in [0.717, 1.165) is 0 Å². The fourth-order valence-electron chi connectivity index (χ4n) is 0.615. The summed E-state index contributed by atoms with van der Waals surface area (Å²) in [4.78, 5) is 3.74. The van der Waals surface area contributed by atoms with E-state index in [4.69, 9.17) is 0 Å². The number of thiazole rings is 1. The molecule has 8 nitrogen and oxygen atoms in total. The predicted molar refractivity (Wildman–Crippen MR) is 78.3 cm³/mol. The van der Waals surface area contributed by atoms with Gasteiger partial charge in [-0.2, -0.15) is 24.2 Å². The van der Waals surface area contributed by atoms with Gasteiger partial charge in [-0.05, 0) is 0 Å². The third kappa shape index (κ3) is 11.0. The molecule has 11 heteroatoms. The molecular weight excluding hydrogens is 316 g/mol. The molecule has 4 aromatic heterocycles. The molecule has 4 aromatic rings. The van der Waals surface area contributed by atoms with Crippen molar-refractivity contribution < 1.29 is 0 Å². The minimum atomic E-state index is 1.21. The fourth-order valence-corrected chi connectivity index (χ4v) is 1.51. The summed E-state index contributed by atoms with van der Waals surface area (Å²) in [5.41, 5.74) is 5.15. The molecule has 0 aliphatic carbocycles. The third-order valence-corrected chi connectivity index (χ3v) is 2.63. The molecule has 0 atom stereocenters. The molecule has 0 radical (unpaired) electrons. The van der Waals surface area contributed by atoms with Crippen LogP contribution in [-0.4, -0.2) is 39.3 Å². The largest absolute Gasteiger partial charge is 0.253 e. The first-order chi connectivity index (χ1) is 10.0. The zero-order valence-corrected chi connectivity index (χ0v) is 12.5. The van der Waals surface area contributed by atoms with Crippen LogP contribution in [0.25, 0.3) is 0 Å². The van der Waals surface area contributed by atoms with E-state index in [9.17, 15) is 0 Å². The van der Waals surface area contributed by atoms with Gasteiger partial charge in [0.1, 0.15) is 11.0 Å². The average Bonchev–Trinajstić information content (AvgIpc) is 3.40. The van der Waals surface area contributed by atoms with Crippen LogP contribution in [-0.2, 0) is 0 Å².